The van der Waals surface area contributed by atoms with Crippen molar-refractivity contribution in [2.24, 2.45) is 5.92 Å². The lowest BCUT2D eigenvalue weighted by molar-refractivity contribution is -0.136. The van der Waals surface area contributed by atoms with E-state index in [0.717, 1.165) is 31.6 Å². The lowest BCUT2D eigenvalue weighted by Gasteiger charge is -2.44. The van der Waals surface area contributed by atoms with E-state index in [4.69, 9.17) is 0 Å². The molecule has 6 nitrogen and oxygen atoms in total. The van der Waals surface area contributed by atoms with Crippen molar-refractivity contribution in [2.75, 3.05) is 19.6 Å². The molecule has 3 heterocycles. The van der Waals surface area contributed by atoms with Gasteiger partial charge in [-0.3, -0.25) is 14.7 Å². The van der Waals surface area contributed by atoms with Crippen molar-refractivity contribution < 1.29 is 9.59 Å². The van der Waals surface area contributed by atoms with E-state index in [1.54, 1.807) is 6.20 Å². The molecule has 0 N–H and O–H groups in total. The third-order valence-corrected chi connectivity index (χ3v) is 6.45. The first-order chi connectivity index (χ1) is 14.2. The van der Waals surface area contributed by atoms with Crippen molar-refractivity contribution in [3.05, 3.63) is 42.2 Å². The summed E-state index contributed by atoms with van der Waals surface area (Å²) in [4.78, 5) is 36.9. The monoisotopic (exact) mass is 412 g/mol. The van der Waals surface area contributed by atoms with Crippen molar-refractivity contribution in [3.8, 4) is 0 Å². The molecule has 0 aliphatic carbocycles. The number of imide groups is 1. The molecule has 1 aromatic heterocycles. The molecule has 1 aromatic rings. The average molecular weight is 413 g/mol. The fourth-order valence-corrected chi connectivity index (χ4v) is 4.65. The van der Waals surface area contributed by atoms with Crippen LogP contribution in [0.1, 0.15) is 59.1 Å². The molecule has 6 heteroatoms. The highest BCUT2D eigenvalue weighted by Crippen LogP contribution is 2.39. The number of nitrogens with zero attached hydrogens (tertiary/aromatic N) is 4. The maximum absolute atomic E-state index is 13.6. The van der Waals surface area contributed by atoms with E-state index in [9.17, 15) is 9.59 Å². The number of amides is 3. The Morgan fingerprint density at radius 1 is 1.20 bits per heavy atom. The summed E-state index contributed by atoms with van der Waals surface area (Å²) in [6.45, 7) is 15.1. The van der Waals surface area contributed by atoms with Crippen molar-refractivity contribution in [1.29, 1.82) is 0 Å². The van der Waals surface area contributed by atoms with Crippen LogP contribution >= 0.6 is 0 Å². The molecule has 3 amide bonds. The zero-order valence-corrected chi connectivity index (χ0v) is 18.9. The maximum atomic E-state index is 13.6. The number of carbonyl (C=O) groups excluding carboxylic acids is 2. The van der Waals surface area contributed by atoms with E-state index in [-0.39, 0.29) is 18.5 Å². The Hall–Kier alpha value is -2.21. The molecule has 164 valence electrons. The Morgan fingerprint density at radius 3 is 2.47 bits per heavy atom. The highest BCUT2D eigenvalue weighted by Gasteiger charge is 2.58. The van der Waals surface area contributed by atoms with Crippen molar-refractivity contribution >= 4 is 11.9 Å². The first-order valence-corrected chi connectivity index (χ1v) is 11.2. The van der Waals surface area contributed by atoms with Crippen LogP contribution in [0.4, 0.5) is 4.79 Å². The van der Waals surface area contributed by atoms with E-state index in [1.165, 1.54) is 10.5 Å². The number of likely N-dealkylation sites (tertiary alicyclic amines) is 1. The fourth-order valence-electron chi connectivity index (χ4n) is 4.65. The summed E-state index contributed by atoms with van der Waals surface area (Å²) in [6.07, 6.45) is 5.20. The quantitative estimate of drug-likeness (QED) is 0.477. The van der Waals surface area contributed by atoms with Gasteiger partial charge < -0.3 is 9.80 Å². The molecule has 0 aromatic carbocycles. The summed E-state index contributed by atoms with van der Waals surface area (Å²) in [6, 6.07) is 5.89. The number of aromatic nitrogens is 1. The van der Waals surface area contributed by atoms with Crippen molar-refractivity contribution in [1.82, 2.24) is 19.7 Å². The molecule has 3 rings (SSSR count). The first-order valence-electron chi connectivity index (χ1n) is 11.2. The van der Waals surface area contributed by atoms with E-state index in [1.807, 2.05) is 23.1 Å². The summed E-state index contributed by atoms with van der Waals surface area (Å²) < 4.78 is 0. The van der Waals surface area contributed by atoms with Gasteiger partial charge in [-0.25, -0.2) is 4.79 Å². The van der Waals surface area contributed by atoms with Crippen LogP contribution < -0.4 is 0 Å². The van der Waals surface area contributed by atoms with Gasteiger partial charge in [0.1, 0.15) is 5.54 Å². The second-order valence-corrected chi connectivity index (χ2v) is 9.41. The van der Waals surface area contributed by atoms with Gasteiger partial charge in [-0.2, -0.15) is 0 Å². The van der Waals surface area contributed by atoms with Gasteiger partial charge in [-0.15, -0.1) is 6.58 Å². The van der Waals surface area contributed by atoms with Crippen LogP contribution in [0, 0.1) is 5.92 Å². The number of carbonyl (C=O) groups is 2. The molecular formula is C24H36N4O2. The molecule has 0 saturated carbocycles. The maximum Gasteiger partial charge on any atom is 0.328 e. The zero-order chi connectivity index (χ0) is 21.9. The Balaban J connectivity index is 1.77. The van der Waals surface area contributed by atoms with Crippen LogP contribution in [0.3, 0.4) is 0 Å². The molecule has 2 aliphatic heterocycles. The second-order valence-electron chi connectivity index (χ2n) is 9.41. The normalized spacial score (nSPS) is 20.4. The zero-order valence-electron chi connectivity index (χ0n) is 18.9. The van der Waals surface area contributed by atoms with Gasteiger partial charge >= 0.3 is 6.03 Å². The van der Waals surface area contributed by atoms with Gasteiger partial charge in [0.2, 0.25) is 0 Å². The fraction of sp³-hybridized carbons (Fsp3) is 0.625. The van der Waals surface area contributed by atoms with Crippen LogP contribution in [-0.4, -0.2) is 62.8 Å². The molecule has 2 aliphatic rings. The van der Waals surface area contributed by atoms with E-state index >= 15 is 0 Å². The Bertz CT molecular complexity index is 769. The minimum absolute atomic E-state index is 0.0481. The van der Waals surface area contributed by atoms with Crippen LogP contribution in [0.5, 0.6) is 0 Å². The third-order valence-electron chi connectivity index (χ3n) is 6.45. The molecule has 1 spiro atoms. The minimum Gasteiger partial charge on any atom is -0.309 e. The number of hydrogen-bond donors (Lipinski definition) is 0. The SMILES string of the molecule is C=C(C)CC[C@H](C)N1CCC2(CC1)C(=O)N(Cc1ccccn1)C(=O)N2CC(C)C. The Labute approximate surface area is 180 Å². The molecule has 0 bridgehead atoms. The highest BCUT2D eigenvalue weighted by atomic mass is 16.2. The minimum atomic E-state index is -0.708. The summed E-state index contributed by atoms with van der Waals surface area (Å²) in [7, 11) is 0. The molecule has 0 unspecified atom stereocenters. The van der Waals surface area contributed by atoms with Gasteiger partial charge in [-0.05, 0) is 57.6 Å². The summed E-state index contributed by atoms with van der Waals surface area (Å²) >= 11 is 0. The summed E-state index contributed by atoms with van der Waals surface area (Å²) in [5, 5.41) is 0. The number of rotatable bonds is 8. The Kier molecular flexibility index (Phi) is 6.96. The second kappa shape index (κ2) is 9.29. The van der Waals surface area contributed by atoms with Crippen LogP contribution in [0.15, 0.2) is 36.5 Å². The number of piperidine rings is 1. The van der Waals surface area contributed by atoms with Gasteiger partial charge in [0.05, 0.1) is 12.2 Å². The van der Waals surface area contributed by atoms with E-state index in [0.29, 0.717) is 31.3 Å². The van der Waals surface area contributed by atoms with Gasteiger partial charge in [0.25, 0.3) is 5.91 Å². The third kappa shape index (κ3) is 4.59. The topological polar surface area (TPSA) is 56.8 Å². The molecular weight excluding hydrogens is 376 g/mol. The molecule has 2 fully saturated rings. The predicted molar refractivity (Wildman–Crippen MR) is 119 cm³/mol. The summed E-state index contributed by atoms with van der Waals surface area (Å²) in [5.41, 5.74) is 1.24. The van der Waals surface area contributed by atoms with Gasteiger partial charge in [0, 0.05) is 31.9 Å². The van der Waals surface area contributed by atoms with E-state index < -0.39 is 5.54 Å². The number of pyridine rings is 1. The number of hydrogen-bond acceptors (Lipinski definition) is 4. The molecule has 0 radical (unpaired) electrons. The number of urea groups is 1. The Morgan fingerprint density at radius 2 is 1.90 bits per heavy atom. The molecule has 1 atom stereocenters. The molecule has 2 saturated heterocycles. The van der Waals surface area contributed by atoms with Crippen LogP contribution in [0.2, 0.25) is 0 Å². The number of allylic oxidation sites excluding steroid dienone is 1. The summed E-state index contributed by atoms with van der Waals surface area (Å²) in [5.74, 6) is 0.258. The predicted octanol–water partition coefficient (Wildman–Crippen LogP) is 4.08. The van der Waals surface area contributed by atoms with Crippen LogP contribution in [-0.2, 0) is 11.3 Å². The van der Waals surface area contributed by atoms with E-state index in [2.05, 4.69) is 44.2 Å². The van der Waals surface area contributed by atoms with Crippen molar-refractivity contribution in [3.63, 3.8) is 0 Å². The van der Waals surface area contributed by atoms with Gasteiger partial charge in [-0.1, -0.05) is 25.5 Å². The lowest BCUT2D eigenvalue weighted by Crippen LogP contribution is -2.58. The van der Waals surface area contributed by atoms with Gasteiger partial charge in [0.15, 0.2) is 0 Å². The standard InChI is InChI=1S/C24H36N4O2/c1-18(2)9-10-20(5)26-14-11-24(12-15-26)22(29)27(17-21-8-6-7-13-25-21)23(30)28(24)16-19(3)4/h6-8,13,19-20H,1,9-12,14-17H2,2-5H3/t20-/m0/s1. The largest absolute Gasteiger partial charge is 0.328 e. The van der Waals surface area contributed by atoms with Crippen LogP contribution in [0.25, 0.3) is 0 Å². The highest BCUT2D eigenvalue weighted by molar-refractivity contribution is 6.07. The smallest absolute Gasteiger partial charge is 0.309 e. The average Bonchev–Trinajstić information content (AvgIpc) is 2.89. The lowest BCUT2D eigenvalue weighted by atomic mass is 9.84. The first kappa shape index (κ1) is 22.5. The molecule has 30 heavy (non-hydrogen) atoms. The van der Waals surface area contributed by atoms with Crippen molar-refractivity contribution in [2.45, 2.75) is 71.5 Å².